The SMILES string of the molecule is O=C(Nc1cccc(C(F)(F)F)c1)c1cncc(Nc2ccccc2Cl)c1. The molecule has 3 rings (SSSR count). The van der Waals surface area contributed by atoms with Crippen molar-refractivity contribution < 1.29 is 18.0 Å². The number of carbonyl (C=O) groups is 1. The highest BCUT2D eigenvalue weighted by molar-refractivity contribution is 6.33. The minimum atomic E-state index is -4.49. The minimum Gasteiger partial charge on any atom is -0.353 e. The van der Waals surface area contributed by atoms with Crippen molar-refractivity contribution in [3.63, 3.8) is 0 Å². The van der Waals surface area contributed by atoms with Crippen LogP contribution < -0.4 is 10.6 Å². The van der Waals surface area contributed by atoms with E-state index in [4.69, 9.17) is 11.6 Å². The van der Waals surface area contributed by atoms with Gasteiger partial charge in [0.05, 0.1) is 33.7 Å². The second kappa shape index (κ2) is 7.67. The lowest BCUT2D eigenvalue weighted by molar-refractivity contribution is -0.137. The third-order valence-corrected chi connectivity index (χ3v) is 3.93. The molecule has 0 fully saturated rings. The number of amides is 1. The average molecular weight is 392 g/mol. The molecule has 138 valence electrons. The van der Waals surface area contributed by atoms with E-state index in [1.165, 1.54) is 30.6 Å². The van der Waals surface area contributed by atoms with Gasteiger partial charge in [0.2, 0.25) is 0 Å². The van der Waals surface area contributed by atoms with E-state index < -0.39 is 17.6 Å². The molecule has 0 saturated carbocycles. The zero-order valence-corrected chi connectivity index (χ0v) is 14.5. The smallest absolute Gasteiger partial charge is 0.353 e. The summed E-state index contributed by atoms with van der Waals surface area (Å²) < 4.78 is 38.3. The van der Waals surface area contributed by atoms with Crippen molar-refractivity contribution in [2.75, 3.05) is 10.6 Å². The third kappa shape index (κ3) is 4.77. The molecular weight excluding hydrogens is 379 g/mol. The van der Waals surface area contributed by atoms with E-state index in [0.717, 1.165) is 12.1 Å². The largest absolute Gasteiger partial charge is 0.416 e. The van der Waals surface area contributed by atoms with Gasteiger partial charge in [-0.05, 0) is 36.4 Å². The summed E-state index contributed by atoms with van der Waals surface area (Å²) in [5.74, 6) is -0.579. The summed E-state index contributed by atoms with van der Waals surface area (Å²) in [6.45, 7) is 0. The number of pyridine rings is 1. The molecule has 8 heteroatoms. The fraction of sp³-hybridized carbons (Fsp3) is 0.0526. The van der Waals surface area contributed by atoms with Crippen molar-refractivity contribution in [3.05, 3.63) is 83.1 Å². The molecule has 3 aromatic rings. The van der Waals surface area contributed by atoms with Crippen molar-refractivity contribution in [3.8, 4) is 0 Å². The van der Waals surface area contributed by atoms with E-state index in [0.29, 0.717) is 16.4 Å². The highest BCUT2D eigenvalue weighted by Crippen LogP contribution is 2.31. The summed E-state index contributed by atoms with van der Waals surface area (Å²) in [6, 6.07) is 13.0. The molecule has 0 aliphatic heterocycles. The van der Waals surface area contributed by atoms with Gasteiger partial charge < -0.3 is 10.6 Å². The van der Waals surface area contributed by atoms with Gasteiger partial charge in [-0.1, -0.05) is 29.8 Å². The van der Waals surface area contributed by atoms with Gasteiger partial charge in [0.25, 0.3) is 5.91 Å². The molecular formula is C19H13ClF3N3O. The Morgan fingerprint density at radius 1 is 0.963 bits per heavy atom. The summed E-state index contributed by atoms with van der Waals surface area (Å²) in [5.41, 5.74) is 0.535. The quantitative estimate of drug-likeness (QED) is 0.595. The number of aromatic nitrogens is 1. The standard InChI is InChI=1S/C19H13ClF3N3O/c20-16-6-1-2-7-17(16)25-15-8-12(10-24-11-15)18(27)26-14-5-3-4-13(9-14)19(21,22)23/h1-11,25H,(H,26,27). The van der Waals surface area contributed by atoms with Crippen LogP contribution in [0.25, 0.3) is 0 Å². The van der Waals surface area contributed by atoms with E-state index in [-0.39, 0.29) is 11.3 Å². The summed E-state index contributed by atoms with van der Waals surface area (Å²) in [6.07, 6.45) is -1.66. The first-order valence-corrected chi connectivity index (χ1v) is 8.16. The molecule has 0 bridgehead atoms. The Hall–Kier alpha value is -3.06. The van der Waals surface area contributed by atoms with Crippen LogP contribution in [0.5, 0.6) is 0 Å². The maximum atomic E-state index is 12.8. The number of anilines is 3. The van der Waals surface area contributed by atoms with E-state index >= 15 is 0 Å². The maximum absolute atomic E-state index is 12.8. The van der Waals surface area contributed by atoms with Crippen LogP contribution in [0.2, 0.25) is 5.02 Å². The number of hydrogen-bond donors (Lipinski definition) is 2. The number of rotatable bonds is 4. The van der Waals surface area contributed by atoms with Gasteiger partial charge in [-0.25, -0.2) is 0 Å². The summed E-state index contributed by atoms with van der Waals surface area (Å²) >= 11 is 6.08. The number of hydrogen-bond acceptors (Lipinski definition) is 3. The molecule has 1 heterocycles. The van der Waals surface area contributed by atoms with Crippen LogP contribution in [-0.4, -0.2) is 10.9 Å². The van der Waals surface area contributed by atoms with Crippen molar-refractivity contribution in [1.82, 2.24) is 4.98 Å². The number of benzene rings is 2. The van der Waals surface area contributed by atoms with E-state index in [1.54, 1.807) is 24.3 Å². The number of nitrogens with one attached hydrogen (secondary N) is 2. The van der Waals surface area contributed by atoms with Crippen molar-refractivity contribution >= 4 is 34.6 Å². The molecule has 0 atom stereocenters. The molecule has 27 heavy (non-hydrogen) atoms. The molecule has 0 spiro atoms. The van der Waals surface area contributed by atoms with E-state index in [1.807, 2.05) is 0 Å². The molecule has 0 saturated heterocycles. The van der Waals surface area contributed by atoms with E-state index in [9.17, 15) is 18.0 Å². The predicted octanol–water partition coefficient (Wildman–Crippen LogP) is 5.75. The molecule has 1 aromatic heterocycles. The number of carbonyl (C=O) groups excluding carboxylic acids is 1. The molecule has 0 aliphatic rings. The van der Waals surface area contributed by atoms with Crippen LogP contribution in [-0.2, 0) is 6.18 Å². The number of nitrogens with zero attached hydrogens (tertiary/aromatic N) is 1. The van der Waals surface area contributed by atoms with Gasteiger partial charge in [-0.15, -0.1) is 0 Å². The van der Waals surface area contributed by atoms with Gasteiger partial charge in [0, 0.05) is 11.9 Å². The monoisotopic (exact) mass is 391 g/mol. The molecule has 4 nitrogen and oxygen atoms in total. The second-order valence-corrected chi connectivity index (χ2v) is 6.01. The van der Waals surface area contributed by atoms with Crippen LogP contribution in [0, 0.1) is 0 Å². The van der Waals surface area contributed by atoms with Crippen LogP contribution in [0.4, 0.5) is 30.2 Å². The van der Waals surface area contributed by atoms with Crippen LogP contribution in [0.1, 0.15) is 15.9 Å². The molecule has 0 aliphatic carbocycles. The second-order valence-electron chi connectivity index (χ2n) is 5.60. The summed E-state index contributed by atoms with van der Waals surface area (Å²) in [7, 11) is 0. The lowest BCUT2D eigenvalue weighted by Gasteiger charge is -2.11. The first kappa shape index (κ1) is 18.7. The van der Waals surface area contributed by atoms with Gasteiger partial charge in [0.15, 0.2) is 0 Å². The normalized spacial score (nSPS) is 11.1. The van der Waals surface area contributed by atoms with Gasteiger partial charge in [-0.3, -0.25) is 9.78 Å². The van der Waals surface area contributed by atoms with Crippen LogP contribution >= 0.6 is 11.6 Å². The fourth-order valence-electron chi connectivity index (χ4n) is 2.33. The average Bonchev–Trinajstić information content (AvgIpc) is 2.63. The fourth-order valence-corrected chi connectivity index (χ4v) is 2.51. The summed E-state index contributed by atoms with van der Waals surface area (Å²) in [4.78, 5) is 16.3. The van der Waals surface area contributed by atoms with Gasteiger partial charge in [0.1, 0.15) is 0 Å². The number of halogens is 4. The lowest BCUT2D eigenvalue weighted by Crippen LogP contribution is -2.13. The topological polar surface area (TPSA) is 54.0 Å². The van der Waals surface area contributed by atoms with Crippen molar-refractivity contribution in [2.45, 2.75) is 6.18 Å². The Balaban J connectivity index is 1.77. The number of para-hydroxylation sites is 1. The lowest BCUT2D eigenvalue weighted by atomic mass is 10.2. The Morgan fingerprint density at radius 3 is 2.48 bits per heavy atom. The minimum absolute atomic E-state index is 0.0410. The van der Waals surface area contributed by atoms with E-state index in [2.05, 4.69) is 15.6 Å². The van der Waals surface area contributed by atoms with Gasteiger partial charge >= 0.3 is 6.18 Å². The molecule has 2 N–H and O–H groups in total. The molecule has 2 aromatic carbocycles. The van der Waals surface area contributed by atoms with Gasteiger partial charge in [-0.2, -0.15) is 13.2 Å². The molecule has 0 unspecified atom stereocenters. The van der Waals surface area contributed by atoms with Crippen LogP contribution in [0.3, 0.4) is 0 Å². The highest BCUT2D eigenvalue weighted by atomic mass is 35.5. The highest BCUT2D eigenvalue weighted by Gasteiger charge is 2.30. The van der Waals surface area contributed by atoms with Crippen LogP contribution in [0.15, 0.2) is 67.0 Å². The Kier molecular flexibility index (Phi) is 5.32. The first-order valence-electron chi connectivity index (χ1n) is 7.78. The Bertz CT molecular complexity index is 976. The third-order valence-electron chi connectivity index (χ3n) is 3.60. The number of alkyl halides is 3. The van der Waals surface area contributed by atoms with Crippen molar-refractivity contribution in [2.24, 2.45) is 0 Å². The Labute approximate surface area is 158 Å². The summed E-state index contributed by atoms with van der Waals surface area (Å²) in [5, 5.41) is 5.97. The molecule has 0 radical (unpaired) electrons. The maximum Gasteiger partial charge on any atom is 0.416 e. The molecule has 1 amide bonds. The Morgan fingerprint density at radius 2 is 1.74 bits per heavy atom. The predicted molar refractivity (Wildman–Crippen MR) is 98.4 cm³/mol. The van der Waals surface area contributed by atoms with Crippen molar-refractivity contribution in [1.29, 1.82) is 0 Å². The first-order chi connectivity index (χ1) is 12.8. The zero-order valence-electron chi connectivity index (χ0n) is 13.7. The zero-order chi connectivity index (χ0) is 19.4.